The van der Waals surface area contributed by atoms with Gasteiger partial charge in [-0.3, -0.25) is 4.79 Å². The Morgan fingerprint density at radius 3 is 2.96 bits per heavy atom. The molecule has 0 aliphatic heterocycles. The molecular weight excluding hydrogens is 338 g/mol. The first-order valence-electron chi connectivity index (χ1n) is 8.24. The number of aromatic nitrogens is 4. The van der Waals surface area contributed by atoms with E-state index in [9.17, 15) is 4.79 Å². The second-order valence-electron chi connectivity index (χ2n) is 5.57. The molecule has 1 amide bonds. The highest BCUT2D eigenvalue weighted by molar-refractivity contribution is 7.99. The number of hydrogen-bond donors (Lipinski definition) is 1. The SMILES string of the molecule is CCCn1c2ccccc2c2nnc(SCC(=O)NCCOC)nc21. The van der Waals surface area contributed by atoms with Gasteiger partial charge in [-0.2, -0.15) is 0 Å². The quantitative estimate of drug-likeness (QED) is 0.491. The van der Waals surface area contributed by atoms with Crippen molar-refractivity contribution in [2.24, 2.45) is 0 Å². The van der Waals surface area contributed by atoms with Gasteiger partial charge in [-0.05, 0) is 12.5 Å². The third kappa shape index (κ3) is 3.91. The lowest BCUT2D eigenvalue weighted by Gasteiger charge is -2.05. The minimum absolute atomic E-state index is 0.0696. The van der Waals surface area contributed by atoms with Crippen LogP contribution in [0.25, 0.3) is 22.1 Å². The van der Waals surface area contributed by atoms with Crippen LogP contribution in [0.5, 0.6) is 0 Å². The summed E-state index contributed by atoms with van der Waals surface area (Å²) in [6, 6.07) is 8.12. The zero-order chi connectivity index (χ0) is 17.6. The minimum Gasteiger partial charge on any atom is -0.383 e. The molecule has 0 saturated carbocycles. The van der Waals surface area contributed by atoms with Crippen LogP contribution in [-0.2, 0) is 16.1 Å². The van der Waals surface area contributed by atoms with Crippen molar-refractivity contribution in [2.45, 2.75) is 25.0 Å². The van der Waals surface area contributed by atoms with E-state index in [2.05, 4.69) is 38.1 Å². The maximum atomic E-state index is 11.8. The summed E-state index contributed by atoms with van der Waals surface area (Å²) in [5.74, 6) is 0.185. The van der Waals surface area contributed by atoms with Crippen LogP contribution >= 0.6 is 11.8 Å². The van der Waals surface area contributed by atoms with Crippen LogP contribution in [0, 0.1) is 0 Å². The Kier molecular flexibility index (Phi) is 5.83. The normalized spacial score (nSPS) is 11.3. The van der Waals surface area contributed by atoms with Crippen molar-refractivity contribution in [2.75, 3.05) is 26.0 Å². The van der Waals surface area contributed by atoms with Gasteiger partial charge in [-0.15, -0.1) is 10.2 Å². The molecule has 1 N–H and O–H groups in total. The first-order chi connectivity index (χ1) is 12.2. The van der Waals surface area contributed by atoms with E-state index >= 15 is 0 Å². The van der Waals surface area contributed by atoms with E-state index in [1.54, 1.807) is 7.11 Å². The van der Waals surface area contributed by atoms with Crippen molar-refractivity contribution in [1.82, 2.24) is 25.1 Å². The number of rotatable bonds is 8. The second-order valence-corrected chi connectivity index (χ2v) is 6.51. The summed E-state index contributed by atoms with van der Waals surface area (Å²) in [4.78, 5) is 16.4. The second kappa shape index (κ2) is 8.26. The molecule has 0 saturated heterocycles. The number of aryl methyl sites for hydroxylation is 1. The summed E-state index contributed by atoms with van der Waals surface area (Å²) < 4.78 is 7.08. The molecule has 0 bridgehead atoms. The van der Waals surface area contributed by atoms with E-state index in [0.717, 1.165) is 35.0 Å². The number of hydrogen-bond acceptors (Lipinski definition) is 6. The Hall–Kier alpha value is -2.19. The number of ether oxygens (including phenoxy) is 1. The Morgan fingerprint density at radius 2 is 2.16 bits per heavy atom. The maximum Gasteiger partial charge on any atom is 0.230 e. The van der Waals surface area contributed by atoms with Gasteiger partial charge in [-0.1, -0.05) is 36.9 Å². The molecule has 8 heteroatoms. The summed E-state index contributed by atoms with van der Waals surface area (Å²) in [5.41, 5.74) is 2.74. The molecule has 1 aromatic carbocycles. The Morgan fingerprint density at radius 1 is 1.32 bits per heavy atom. The molecule has 0 radical (unpaired) electrons. The zero-order valence-electron chi connectivity index (χ0n) is 14.4. The van der Waals surface area contributed by atoms with Crippen molar-refractivity contribution in [3.8, 4) is 0 Å². The molecule has 0 aliphatic rings. The molecule has 132 valence electrons. The number of carbonyl (C=O) groups excluding carboxylic acids is 1. The zero-order valence-corrected chi connectivity index (χ0v) is 15.2. The number of nitrogens with zero attached hydrogens (tertiary/aromatic N) is 4. The van der Waals surface area contributed by atoms with E-state index in [0.29, 0.717) is 18.3 Å². The van der Waals surface area contributed by atoms with Crippen LogP contribution in [0.15, 0.2) is 29.4 Å². The van der Waals surface area contributed by atoms with Crippen molar-refractivity contribution < 1.29 is 9.53 Å². The fraction of sp³-hybridized carbons (Fsp3) is 0.412. The number of amides is 1. The fourth-order valence-electron chi connectivity index (χ4n) is 2.67. The van der Waals surface area contributed by atoms with E-state index in [1.165, 1.54) is 11.8 Å². The standard InChI is InChI=1S/C17H21N5O2S/c1-3-9-22-13-7-5-4-6-12(13)15-16(22)19-17(21-20-15)25-11-14(23)18-8-10-24-2/h4-7H,3,8-11H2,1-2H3,(H,18,23). The average molecular weight is 359 g/mol. The number of para-hydroxylation sites is 1. The highest BCUT2D eigenvalue weighted by Crippen LogP contribution is 2.27. The van der Waals surface area contributed by atoms with Gasteiger partial charge in [0.05, 0.1) is 17.9 Å². The van der Waals surface area contributed by atoms with Crippen LogP contribution in [0.1, 0.15) is 13.3 Å². The van der Waals surface area contributed by atoms with Gasteiger partial charge in [0.15, 0.2) is 5.65 Å². The lowest BCUT2D eigenvalue weighted by Crippen LogP contribution is -2.28. The molecule has 0 atom stereocenters. The van der Waals surface area contributed by atoms with E-state index in [-0.39, 0.29) is 11.7 Å². The van der Waals surface area contributed by atoms with Gasteiger partial charge >= 0.3 is 0 Å². The van der Waals surface area contributed by atoms with Gasteiger partial charge in [0, 0.05) is 25.6 Å². The third-order valence-electron chi connectivity index (χ3n) is 3.76. The van der Waals surface area contributed by atoms with Gasteiger partial charge in [-0.25, -0.2) is 4.98 Å². The van der Waals surface area contributed by atoms with Crippen LogP contribution < -0.4 is 5.32 Å². The molecule has 25 heavy (non-hydrogen) atoms. The fourth-order valence-corrected chi connectivity index (χ4v) is 3.29. The van der Waals surface area contributed by atoms with Gasteiger partial charge in [0.2, 0.25) is 11.1 Å². The molecule has 2 heterocycles. The highest BCUT2D eigenvalue weighted by atomic mass is 32.2. The number of thioether (sulfide) groups is 1. The molecule has 2 aromatic heterocycles. The molecule has 7 nitrogen and oxygen atoms in total. The van der Waals surface area contributed by atoms with Crippen molar-refractivity contribution >= 4 is 39.7 Å². The summed E-state index contributed by atoms with van der Waals surface area (Å²) in [6.45, 7) is 4.00. The largest absolute Gasteiger partial charge is 0.383 e. The summed E-state index contributed by atoms with van der Waals surface area (Å²) >= 11 is 1.29. The predicted molar refractivity (Wildman–Crippen MR) is 98.7 cm³/mol. The molecule has 3 rings (SSSR count). The first-order valence-corrected chi connectivity index (χ1v) is 9.23. The Bertz CT molecular complexity index is 880. The lowest BCUT2D eigenvalue weighted by atomic mass is 10.2. The highest BCUT2D eigenvalue weighted by Gasteiger charge is 2.14. The monoisotopic (exact) mass is 359 g/mol. The Labute approximate surface area is 150 Å². The molecule has 0 spiro atoms. The molecule has 0 fully saturated rings. The molecule has 0 aliphatic carbocycles. The van der Waals surface area contributed by atoms with Crippen molar-refractivity contribution in [1.29, 1.82) is 0 Å². The number of nitrogens with one attached hydrogen (secondary N) is 1. The van der Waals surface area contributed by atoms with Crippen LogP contribution in [0.3, 0.4) is 0 Å². The van der Waals surface area contributed by atoms with Gasteiger partial charge < -0.3 is 14.6 Å². The van der Waals surface area contributed by atoms with Crippen molar-refractivity contribution in [3.63, 3.8) is 0 Å². The topological polar surface area (TPSA) is 81.9 Å². The molecule has 3 aromatic rings. The number of carbonyl (C=O) groups is 1. The summed E-state index contributed by atoms with van der Waals surface area (Å²) in [6.07, 6.45) is 1.00. The number of benzene rings is 1. The van der Waals surface area contributed by atoms with Crippen LogP contribution in [0.2, 0.25) is 0 Å². The number of fused-ring (bicyclic) bond motifs is 3. The minimum atomic E-state index is -0.0696. The van der Waals surface area contributed by atoms with E-state index in [1.807, 2.05) is 18.2 Å². The van der Waals surface area contributed by atoms with Crippen molar-refractivity contribution in [3.05, 3.63) is 24.3 Å². The smallest absolute Gasteiger partial charge is 0.230 e. The first kappa shape index (κ1) is 17.6. The predicted octanol–water partition coefficient (Wildman–Crippen LogP) is 2.24. The maximum absolute atomic E-state index is 11.8. The summed E-state index contributed by atoms with van der Waals surface area (Å²) in [5, 5.41) is 12.9. The van der Waals surface area contributed by atoms with Gasteiger partial charge in [0.25, 0.3) is 0 Å². The van der Waals surface area contributed by atoms with E-state index < -0.39 is 0 Å². The van der Waals surface area contributed by atoms with Crippen LogP contribution in [0.4, 0.5) is 0 Å². The van der Waals surface area contributed by atoms with Gasteiger partial charge in [0.1, 0.15) is 5.52 Å². The Balaban J connectivity index is 1.83. The van der Waals surface area contributed by atoms with E-state index in [4.69, 9.17) is 4.74 Å². The molecule has 0 unspecified atom stereocenters. The summed E-state index contributed by atoms with van der Waals surface area (Å²) in [7, 11) is 1.60. The lowest BCUT2D eigenvalue weighted by molar-refractivity contribution is -0.118. The molecular formula is C17H21N5O2S. The van der Waals surface area contributed by atoms with Crippen LogP contribution in [-0.4, -0.2) is 51.7 Å². The third-order valence-corrected chi connectivity index (χ3v) is 4.60. The average Bonchev–Trinajstić information content (AvgIpc) is 2.94. The number of methoxy groups -OCH3 is 1.